The molecule has 0 saturated heterocycles. The number of hydrogen-bond donors (Lipinski definition) is 3. The van der Waals surface area contributed by atoms with Gasteiger partial charge < -0.3 is 24.5 Å². The van der Waals surface area contributed by atoms with E-state index in [4.69, 9.17) is 19.4 Å². The zero-order valence-corrected chi connectivity index (χ0v) is 27.8. The van der Waals surface area contributed by atoms with Crippen LogP contribution in [0.4, 0.5) is 0 Å². The van der Waals surface area contributed by atoms with Gasteiger partial charge in [-0.1, -0.05) is 13.8 Å². The van der Waals surface area contributed by atoms with E-state index in [-0.39, 0.29) is 36.8 Å². The van der Waals surface area contributed by atoms with Gasteiger partial charge in [-0.25, -0.2) is 4.98 Å². The summed E-state index contributed by atoms with van der Waals surface area (Å²) in [4.78, 5) is 43.1. The Morgan fingerprint density at radius 3 is 2.18 bits per heavy atom. The van der Waals surface area contributed by atoms with Crippen molar-refractivity contribution in [3.8, 4) is 0 Å². The van der Waals surface area contributed by atoms with Crippen molar-refractivity contribution < 1.29 is 24.2 Å². The second-order valence-electron chi connectivity index (χ2n) is 12.2. The molecule has 5 heterocycles. The predicted octanol–water partition coefficient (Wildman–Crippen LogP) is 7.05. The highest BCUT2D eigenvalue weighted by molar-refractivity contribution is 5.94. The van der Waals surface area contributed by atoms with Gasteiger partial charge in [-0.2, -0.15) is 0 Å². The molecule has 9 heteroatoms. The van der Waals surface area contributed by atoms with Crippen molar-refractivity contribution in [1.29, 1.82) is 0 Å². The number of allylic oxidation sites excluding steroid dienone is 2. The molecule has 0 saturated carbocycles. The summed E-state index contributed by atoms with van der Waals surface area (Å²) in [5, 5.41) is 10.4. The number of nitrogens with one attached hydrogen (secondary N) is 2. The average Bonchev–Trinajstić information content (AvgIpc) is 3.69. The summed E-state index contributed by atoms with van der Waals surface area (Å²) in [5.41, 5.74) is 13.5. The number of methoxy groups -OCH3 is 2. The van der Waals surface area contributed by atoms with Crippen molar-refractivity contribution >= 4 is 45.2 Å². The molecule has 238 valence electrons. The quantitative estimate of drug-likeness (QED) is 0.244. The molecule has 0 aliphatic carbocycles. The van der Waals surface area contributed by atoms with Gasteiger partial charge in [0.1, 0.15) is 0 Å². The van der Waals surface area contributed by atoms with Gasteiger partial charge >= 0.3 is 11.9 Å². The maximum absolute atomic E-state index is 13.2. The van der Waals surface area contributed by atoms with Crippen LogP contribution in [-0.2, 0) is 32.1 Å². The number of aryl methyl sites for hydroxylation is 3. The normalized spacial score (nSPS) is 17.0. The number of H-pyrrole nitrogens is 2. The van der Waals surface area contributed by atoms with Crippen LogP contribution in [0.2, 0.25) is 0 Å². The second-order valence-corrected chi connectivity index (χ2v) is 12.2. The van der Waals surface area contributed by atoms with Crippen molar-refractivity contribution in [2.45, 2.75) is 92.1 Å². The SMILES string of the molecule is CCc1c(C)c2cc3[nH]c(cc4nc(c(C(C)C(=O)OC)c5nc(cc1[nH]2)C(C)=C5C)C(CCC(=O)OC)C4C)c(C)c3CO. The van der Waals surface area contributed by atoms with Crippen molar-refractivity contribution in [2.24, 2.45) is 0 Å². The number of aliphatic hydroxyl groups is 1. The van der Waals surface area contributed by atoms with E-state index in [1.807, 2.05) is 26.8 Å². The molecule has 0 radical (unpaired) electrons. The van der Waals surface area contributed by atoms with Gasteiger partial charge in [0.2, 0.25) is 0 Å². The van der Waals surface area contributed by atoms with E-state index in [0.717, 1.165) is 73.4 Å². The molecule has 0 spiro atoms. The molecule has 3 atom stereocenters. The molecule has 0 amide bonds. The first-order chi connectivity index (χ1) is 21.4. The Labute approximate surface area is 264 Å². The maximum Gasteiger partial charge on any atom is 0.313 e. The van der Waals surface area contributed by atoms with Crippen LogP contribution in [-0.4, -0.2) is 51.2 Å². The second kappa shape index (κ2) is 12.6. The Balaban J connectivity index is 2.00. The highest BCUT2D eigenvalue weighted by Gasteiger charge is 2.36. The molecule has 3 aromatic heterocycles. The largest absolute Gasteiger partial charge is 0.469 e. The van der Waals surface area contributed by atoms with E-state index >= 15 is 0 Å². The first kappa shape index (κ1) is 32.2. The lowest BCUT2D eigenvalue weighted by Gasteiger charge is -2.20. The fourth-order valence-electron chi connectivity index (χ4n) is 6.84. The lowest BCUT2D eigenvalue weighted by atomic mass is 9.82. The summed E-state index contributed by atoms with van der Waals surface area (Å²) in [7, 11) is 2.78. The van der Waals surface area contributed by atoms with E-state index in [9.17, 15) is 14.7 Å². The Morgan fingerprint density at radius 2 is 1.56 bits per heavy atom. The predicted molar refractivity (Wildman–Crippen MR) is 177 cm³/mol. The van der Waals surface area contributed by atoms with Crippen LogP contribution < -0.4 is 0 Å². The number of nitrogens with zero attached hydrogens (tertiary/aromatic N) is 2. The summed E-state index contributed by atoms with van der Waals surface area (Å²) in [5.74, 6) is -1.57. The van der Waals surface area contributed by atoms with Gasteiger partial charge in [-0.05, 0) is 93.5 Å². The topological polar surface area (TPSA) is 130 Å². The lowest BCUT2D eigenvalue weighted by molar-refractivity contribution is -0.142. The zero-order chi connectivity index (χ0) is 32.7. The summed E-state index contributed by atoms with van der Waals surface area (Å²) in [6.07, 6.45) is 1.54. The molecular weight excluding hydrogens is 568 g/mol. The summed E-state index contributed by atoms with van der Waals surface area (Å²) >= 11 is 0. The van der Waals surface area contributed by atoms with E-state index in [0.29, 0.717) is 17.7 Å². The highest BCUT2D eigenvalue weighted by Crippen LogP contribution is 2.45. The van der Waals surface area contributed by atoms with Crippen LogP contribution >= 0.6 is 0 Å². The smallest absolute Gasteiger partial charge is 0.313 e. The number of fused-ring (bicyclic) bond motifs is 8. The minimum Gasteiger partial charge on any atom is -0.469 e. The van der Waals surface area contributed by atoms with Gasteiger partial charge in [0.05, 0.1) is 43.8 Å². The highest BCUT2D eigenvalue weighted by atomic mass is 16.5. The number of rotatable bonds is 7. The van der Waals surface area contributed by atoms with Crippen LogP contribution in [0.3, 0.4) is 0 Å². The molecular formula is C36H44N4O5. The van der Waals surface area contributed by atoms with Gasteiger partial charge in [0, 0.05) is 57.1 Å². The van der Waals surface area contributed by atoms with E-state index in [2.05, 4.69) is 49.8 Å². The maximum atomic E-state index is 13.2. The van der Waals surface area contributed by atoms with Crippen molar-refractivity contribution in [3.05, 3.63) is 68.8 Å². The number of esters is 2. The molecule has 45 heavy (non-hydrogen) atoms. The number of aromatic amines is 2. The number of ether oxygens (including phenoxy) is 2. The van der Waals surface area contributed by atoms with Gasteiger partial charge in [0.25, 0.3) is 0 Å². The van der Waals surface area contributed by atoms with Gasteiger partial charge in [-0.15, -0.1) is 0 Å². The Hall–Kier alpha value is -4.24. The molecule has 3 unspecified atom stereocenters. The summed E-state index contributed by atoms with van der Waals surface area (Å²) < 4.78 is 10.2. The molecule has 9 nitrogen and oxygen atoms in total. The molecule has 0 aromatic carbocycles. The van der Waals surface area contributed by atoms with Gasteiger partial charge in [0.15, 0.2) is 0 Å². The minimum absolute atomic E-state index is 0.0739. The Morgan fingerprint density at radius 1 is 0.911 bits per heavy atom. The molecule has 3 N–H and O–H groups in total. The number of aliphatic hydroxyl groups excluding tert-OH is 1. The standard InChI is InChI=1S/C36H44N4O5/c1-10-23-19(4)28-15-31-25(16-41)21(6)27(38-31)13-29-20(5)24(11-12-32(42)44-8)35(40-29)33(22(7)36(43)45-9)34-18(3)17(2)26(39-34)14-30(23)37-28/h13-15,20,22,24,37-38,41H,10-12,16H2,1-9H3. The molecule has 3 aromatic rings. The van der Waals surface area contributed by atoms with Crippen molar-refractivity contribution in [3.63, 3.8) is 0 Å². The molecule has 0 fully saturated rings. The fourth-order valence-corrected chi connectivity index (χ4v) is 6.84. The Bertz CT molecular complexity index is 1880. The molecule has 8 bridgehead atoms. The molecule has 5 rings (SSSR count). The third-order valence-corrected chi connectivity index (χ3v) is 9.89. The zero-order valence-electron chi connectivity index (χ0n) is 27.8. The van der Waals surface area contributed by atoms with Crippen LogP contribution in [0.25, 0.3) is 33.2 Å². The van der Waals surface area contributed by atoms with Crippen molar-refractivity contribution in [1.82, 2.24) is 19.9 Å². The monoisotopic (exact) mass is 612 g/mol. The Kier molecular flexibility index (Phi) is 9.03. The summed E-state index contributed by atoms with van der Waals surface area (Å²) in [6, 6.07) is 6.18. The number of carbonyl (C=O) groups excluding carboxylic acids is 2. The molecule has 2 aliphatic heterocycles. The lowest BCUT2D eigenvalue weighted by Crippen LogP contribution is -2.17. The molecule has 2 aliphatic rings. The number of aromatic nitrogens is 4. The number of carbonyl (C=O) groups is 2. The fraction of sp³-hybridized carbons (Fsp3) is 0.444. The number of hydrogen-bond acceptors (Lipinski definition) is 7. The van der Waals surface area contributed by atoms with Gasteiger partial charge in [-0.3, -0.25) is 14.6 Å². The minimum atomic E-state index is -0.652. The van der Waals surface area contributed by atoms with Crippen LogP contribution in [0.5, 0.6) is 0 Å². The first-order valence-corrected chi connectivity index (χ1v) is 15.6. The summed E-state index contributed by atoms with van der Waals surface area (Å²) in [6.45, 7) is 14.1. The first-order valence-electron chi connectivity index (χ1n) is 15.6. The van der Waals surface area contributed by atoms with Crippen LogP contribution in [0.15, 0.2) is 18.2 Å². The van der Waals surface area contributed by atoms with Crippen molar-refractivity contribution in [2.75, 3.05) is 14.2 Å². The van der Waals surface area contributed by atoms with Crippen LogP contribution in [0, 0.1) is 13.8 Å². The third kappa shape index (κ3) is 5.58. The van der Waals surface area contributed by atoms with E-state index in [1.165, 1.54) is 19.8 Å². The van der Waals surface area contributed by atoms with Crippen LogP contribution in [0.1, 0.15) is 116 Å². The van der Waals surface area contributed by atoms with E-state index < -0.39 is 5.92 Å². The van der Waals surface area contributed by atoms with E-state index in [1.54, 1.807) is 0 Å². The average molecular weight is 613 g/mol. The third-order valence-electron chi connectivity index (χ3n) is 9.89.